The molecular formula is C24H42Cl4N18. The van der Waals surface area contributed by atoms with E-state index in [1.807, 2.05) is 33.9 Å². The molecule has 18 nitrogen and oxygen atoms in total. The lowest BCUT2D eigenvalue weighted by molar-refractivity contribution is 0.920. The largest absolute Gasteiger partial charge is 0.357 e. The Bertz CT molecular complexity index is 1370. The van der Waals surface area contributed by atoms with Crippen molar-refractivity contribution >= 4 is 70.2 Å². The van der Waals surface area contributed by atoms with Crippen LogP contribution in [0.2, 0.25) is 26.8 Å². The van der Waals surface area contributed by atoms with E-state index < -0.39 is 0 Å². The summed E-state index contributed by atoms with van der Waals surface area (Å²) < 4.78 is 27.5. The van der Waals surface area contributed by atoms with Gasteiger partial charge in [0, 0.05) is 35.2 Å². The topological polar surface area (TPSA) is 232 Å². The Morgan fingerprint density at radius 2 is 0.783 bits per heavy atom. The normalized spacial score (nSPS) is 10.3. The van der Waals surface area contributed by atoms with E-state index in [2.05, 4.69) is 65.1 Å². The number of nitrogens with two attached hydrogens (primary N) is 1. The second kappa shape index (κ2) is 25.5. The van der Waals surface area contributed by atoms with Gasteiger partial charge in [0.15, 0.2) is 4.24 Å². The summed E-state index contributed by atoms with van der Waals surface area (Å²) in [6.45, 7) is 6.86. The monoisotopic (exact) mass is 726 g/mol. The summed E-state index contributed by atoms with van der Waals surface area (Å²) in [4.78, 5) is 47.6. The van der Waals surface area contributed by atoms with E-state index in [9.17, 15) is 0 Å². The number of aryl methyl sites for hydroxylation is 4. The van der Waals surface area contributed by atoms with Gasteiger partial charge >= 0.3 is 0 Å². The SMILES string of the molecule is CNC.Cc1nc(Cl)nc(Cl)n1.[2H]N(C)c1nc(C)nc(Cl)n1.[2H]N(C)c1nc(C)nc(Cl)n1.[2H]N(C)c1nc(C)nc(N(C)C)n1.[2H]NC. The second-order valence-electron chi connectivity index (χ2n) is 7.87. The molecule has 0 saturated carbocycles. The molecule has 0 unspecified atom stereocenters. The third kappa shape index (κ3) is 21.1. The van der Waals surface area contributed by atoms with E-state index in [4.69, 9.17) is 52.1 Å². The first kappa shape index (κ1) is 36.8. The minimum absolute atomic E-state index is 0.117. The van der Waals surface area contributed by atoms with Gasteiger partial charge in [-0.15, -0.1) is 0 Å². The Morgan fingerprint density at radius 1 is 0.522 bits per heavy atom. The Hall–Kier alpha value is -3.68. The highest BCUT2D eigenvalue weighted by atomic mass is 35.5. The van der Waals surface area contributed by atoms with Gasteiger partial charge in [0.2, 0.25) is 44.9 Å². The first-order chi connectivity index (χ1) is 23.2. The van der Waals surface area contributed by atoms with Crippen LogP contribution in [0.25, 0.3) is 0 Å². The molecule has 0 aromatic carbocycles. The fourth-order valence-corrected chi connectivity index (χ4v) is 3.09. The van der Waals surface area contributed by atoms with Gasteiger partial charge in [-0.25, -0.2) is 19.9 Å². The number of aromatic nitrogens is 12. The minimum atomic E-state index is 0.117. The number of hydrogen-bond acceptors (Lipinski definition) is 18. The summed E-state index contributed by atoms with van der Waals surface area (Å²) in [6.07, 6.45) is 0. The molecule has 46 heavy (non-hydrogen) atoms. The molecule has 0 aliphatic rings. The molecule has 0 spiro atoms. The van der Waals surface area contributed by atoms with Crippen LogP contribution in [0.1, 0.15) is 23.3 Å². The molecule has 0 aliphatic carbocycles. The highest BCUT2D eigenvalue weighted by Gasteiger charge is 2.03. The van der Waals surface area contributed by atoms with Crippen molar-refractivity contribution < 1.29 is 5.65 Å². The Kier molecular flexibility index (Phi) is 20.4. The van der Waals surface area contributed by atoms with Gasteiger partial charge in [0.25, 0.3) is 0 Å². The van der Waals surface area contributed by atoms with Gasteiger partial charge in [-0.05, 0) is 95.2 Å². The van der Waals surface area contributed by atoms with Crippen molar-refractivity contribution in [3.63, 3.8) is 0 Å². The Balaban J connectivity index is 0. The summed E-state index contributed by atoms with van der Waals surface area (Å²) in [5.74, 6) is 3.61. The zero-order chi connectivity index (χ0) is 39.1. The molecule has 0 aliphatic heterocycles. The highest BCUT2D eigenvalue weighted by Crippen LogP contribution is 2.07. The molecule has 0 amide bonds. The fraction of sp³-hybridized carbons (Fsp3) is 0.500. The van der Waals surface area contributed by atoms with E-state index in [0.717, 1.165) is 15.9 Å². The summed E-state index contributed by atoms with van der Waals surface area (Å²) in [7, 11) is 13.6. The van der Waals surface area contributed by atoms with Crippen molar-refractivity contribution in [2.75, 3.05) is 77.2 Å². The molecule has 0 fully saturated rings. The second-order valence-corrected chi connectivity index (χ2v) is 9.22. The standard InChI is InChI=1S/C7H13N5.2C5H7ClN4.C4H3Cl2N3.C2H7N.CH5N/c1-5-9-6(8-2)11-7(10-5)12(3)4;2*1-3-8-4(6)10-5(7-2)9-3;1-2-7-3(5)9-4(6)8-2;1-3-2;1-2/h1-4H3,(H,8,9,10,11);2*1-2H3,(H,7,8,9,10);1H3;3H,1-2H3;2H2,1H3/i/hD4. The molecule has 22 heteroatoms. The Labute approximate surface area is 295 Å². The van der Waals surface area contributed by atoms with Gasteiger partial charge in [-0.1, -0.05) is 0 Å². The van der Waals surface area contributed by atoms with Crippen LogP contribution < -0.4 is 31.9 Å². The third-order valence-corrected chi connectivity index (χ3v) is 4.51. The van der Waals surface area contributed by atoms with Crippen molar-refractivity contribution in [1.29, 1.82) is 0 Å². The molecule has 4 heterocycles. The van der Waals surface area contributed by atoms with Crippen LogP contribution in [0.15, 0.2) is 0 Å². The van der Waals surface area contributed by atoms with Crippen molar-refractivity contribution in [3.8, 4) is 0 Å². The molecule has 4 aromatic rings. The molecule has 6 N–H and O–H groups in total. The molecule has 4 aromatic heterocycles. The van der Waals surface area contributed by atoms with Crippen LogP contribution >= 0.6 is 46.4 Å². The smallest absolute Gasteiger partial charge is 0.229 e. The van der Waals surface area contributed by atoms with Crippen molar-refractivity contribution in [2.24, 2.45) is 5.73 Å². The summed E-state index contributed by atoms with van der Waals surface area (Å²) in [5, 5.41) is 6.42. The van der Waals surface area contributed by atoms with E-state index in [-0.39, 0.29) is 33.0 Å². The lowest BCUT2D eigenvalue weighted by Crippen LogP contribution is -2.15. The minimum Gasteiger partial charge on any atom is -0.357 e. The number of anilines is 4. The molecule has 0 bridgehead atoms. The maximum Gasteiger partial charge on any atom is 0.229 e. The number of rotatable bonds is 4. The van der Waals surface area contributed by atoms with E-state index in [1.165, 1.54) is 14.1 Å². The van der Waals surface area contributed by atoms with Gasteiger partial charge in [0.1, 0.15) is 24.7 Å². The van der Waals surface area contributed by atoms with Gasteiger partial charge < -0.3 is 31.9 Å². The zero-order valence-corrected chi connectivity index (χ0v) is 30.7. The molecule has 0 atom stereocenters. The van der Waals surface area contributed by atoms with Crippen LogP contribution in [0, 0.1) is 27.7 Å². The quantitative estimate of drug-likeness (QED) is 0.203. The fourth-order valence-electron chi connectivity index (χ4n) is 2.24. The van der Waals surface area contributed by atoms with Crippen molar-refractivity contribution in [1.82, 2.24) is 65.1 Å². The highest BCUT2D eigenvalue weighted by molar-refractivity contribution is 6.31. The summed E-state index contributed by atoms with van der Waals surface area (Å²) >= 11 is 21.9. The van der Waals surface area contributed by atoms with Crippen molar-refractivity contribution in [2.45, 2.75) is 27.7 Å². The van der Waals surface area contributed by atoms with Crippen LogP contribution in [0.4, 0.5) is 23.8 Å². The first-order valence-corrected chi connectivity index (χ1v) is 14.3. The maximum atomic E-state index is 7.32. The van der Waals surface area contributed by atoms with E-state index in [1.54, 1.807) is 46.7 Å². The maximum absolute atomic E-state index is 7.32. The van der Waals surface area contributed by atoms with Crippen LogP contribution in [-0.2, 0) is 0 Å². The van der Waals surface area contributed by atoms with Crippen LogP contribution in [0.3, 0.4) is 0 Å². The van der Waals surface area contributed by atoms with Gasteiger partial charge in [-0.2, -0.15) is 39.9 Å². The molecule has 0 radical (unpaired) electrons. The van der Waals surface area contributed by atoms with E-state index >= 15 is 0 Å². The predicted octanol–water partition coefficient (Wildman–Crippen LogP) is 2.94. The van der Waals surface area contributed by atoms with Gasteiger partial charge in [-0.3, -0.25) is 0 Å². The average Bonchev–Trinajstić information content (AvgIpc) is 2.97. The Morgan fingerprint density at radius 3 is 1.04 bits per heavy atom. The number of halogens is 4. The first-order valence-electron chi connectivity index (χ1n) is 14.6. The number of nitrogens with one attached hydrogen (secondary N) is 4. The predicted molar refractivity (Wildman–Crippen MR) is 186 cm³/mol. The van der Waals surface area contributed by atoms with Crippen molar-refractivity contribution in [3.05, 3.63) is 44.4 Å². The lowest BCUT2D eigenvalue weighted by atomic mass is 10.6. The molecule has 256 valence electrons. The van der Waals surface area contributed by atoms with Gasteiger partial charge in [0.05, 0.1) is 0 Å². The third-order valence-electron chi connectivity index (χ3n) is 3.83. The summed E-state index contributed by atoms with van der Waals surface area (Å²) in [6, 6.07) is 0. The molecule has 0 saturated heterocycles. The number of nitrogens with zero attached hydrogens (tertiary/aromatic N) is 13. The summed E-state index contributed by atoms with van der Waals surface area (Å²) in [5.41, 5.74) is 2.00. The molecular weight excluding hydrogens is 682 g/mol. The van der Waals surface area contributed by atoms with Crippen LogP contribution in [-0.4, -0.2) is 116 Å². The molecule has 4 rings (SSSR count). The zero-order valence-electron chi connectivity index (χ0n) is 31.7. The number of hydrogen-bond donors (Lipinski definition) is 5. The van der Waals surface area contributed by atoms with Crippen LogP contribution in [0.5, 0.6) is 0 Å². The average molecular weight is 729 g/mol. The van der Waals surface area contributed by atoms with E-state index in [0.29, 0.717) is 35.2 Å². The lowest BCUT2D eigenvalue weighted by Gasteiger charge is -2.10.